The number of non-ortho nitro benzene ring substituents is 1. The summed E-state index contributed by atoms with van der Waals surface area (Å²) in [5, 5.41) is 13.2. The highest BCUT2D eigenvalue weighted by Crippen LogP contribution is 2.29. The number of hydrogen-bond donors (Lipinski definition) is 0. The minimum atomic E-state index is -0.371. The highest BCUT2D eigenvalue weighted by Gasteiger charge is 2.10. The average Bonchev–Trinajstić information content (AvgIpc) is 2.90. The quantitative estimate of drug-likeness (QED) is 0.405. The van der Waals surface area contributed by atoms with E-state index in [0.717, 1.165) is 5.56 Å². The monoisotopic (exact) mass is 302 g/mol. The molecular weight excluding hydrogens is 288 g/mol. The first kappa shape index (κ1) is 13.5. The summed E-state index contributed by atoms with van der Waals surface area (Å²) >= 11 is 0. The van der Waals surface area contributed by atoms with Crippen LogP contribution in [0.1, 0.15) is 5.56 Å². The van der Waals surface area contributed by atoms with Crippen LogP contribution in [0.25, 0.3) is 21.8 Å². The van der Waals surface area contributed by atoms with Crippen LogP contribution in [0.2, 0.25) is 0 Å². The van der Waals surface area contributed by atoms with Crippen LogP contribution < -0.4 is 0 Å². The fourth-order valence-electron chi connectivity index (χ4n) is 3.08. The predicted molar refractivity (Wildman–Crippen MR) is 91.6 cm³/mol. The largest absolute Gasteiger partial charge is 0.336 e. The van der Waals surface area contributed by atoms with Gasteiger partial charge in [0.25, 0.3) is 5.69 Å². The Balaban J connectivity index is 1.85. The molecule has 0 radical (unpaired) electrons. The molecule has 4 aromatic rings. The molecule has 0 N–H and O–H groups in total. The zero-order valence-electron chi connectivity index (χ0n) is 12.3. The first-order valence-corrected chi connectivity index (χ1v) is 7.43. The predicted octanol–water partition coefficient (Wildman–Crippen LogP) is 4.75. The molecule has 0 aliphatic heterocycles. The summed E-state index contributed by atoms with van der Waals surface area (Å²) in [6.07, 6.45) is 0. The van der Waals surface area contributed by atoms with E-state index in [1.54, 1.807) is 12.1 Å². The van der Waals surface area contributed by atoms with Crippen LogP contribution in [0, 0.1) is 10.1 Å². The molecule has 4 rings (SSSR count). The maximum Gasteiger partial charge on any atom is 0.269 e. The van der Waals surface area contributed by atoms with Gasteiger partial charge in [-0.05, 0) is 17.7 Å². The Labute approximate surface area is 132 Å². The van der Waals surface area contributed by atoms with Crippen molar-refractivity contribution in [1.82, 2.24) is 4.57 Å². The summed E-state index contributed by atoms with van der Waals surface area (Å²) < 4.78 is 2.26. The van der Waals surface area contributed by atoms with Gasteiger partial charge in [0.15, 0.2) is 0 Å². The van der Waals surface area contributed by atoms with Crippen molar-refractivity contribution < 1.29 is 4.92 Å². The number of nitro groups is 1. The fourth-order valence-corrected chi connectivity index (χ4v) is 3.08. The van der Waals surface area contributed by atoms with Crippen molar-refractivity contribution in [2.75, 3.05) is 0 Å². The van der Waals surface area contributed by atoms with Gasteiger partial charge in [0.05, 0.1) is 4.92 Å². The normalized spacial score (nSPS) is 11.1. The van der Waals surface area contributed by atoms with E-state index in [1.165, 1.54) is 21.8 Å². The van der Waals surface area contributed by atoms with Gasteiger partial charge >= 0.3 is 0 Å². The lowest BCUT2D eigenvalue weighted by Crippen LogP contribution is -1.99. The Kier molecular flexibility index (Phi) is 3.08. The zero-order valence-corrected chi connectivity index (χ0v) is 12.3. The van der Waals surface area contributed by atoms with E-state index in [4.69, 9.17) is 0 Å². The average molecular weight is 302 g/mol. The molecule has 23 heavy (non-hydrogen) atoms. The van der Waals surface area contributed by atoms with Gasteiger partial charge < -0.3 is 4.57 Å². The molecule has 0 fully saturated rings. The van der Waals surface area contributed by atoms with Gasteiger partial charge in [-0.3, -0.25) is 10.1 Å². The highest BCUT2D eigenvalue weighted by molar-refractivity contribution is 6.08. The Morgan fingerprint density at radius 1 is 0.783 bits per heavy atom. The van der Waals surface area contributed by atoms with E-state index in [-0.39, 0.29) is 10.6 Å². The van der Waals surface area contributed by atoms with Crippen molar-refractivity contribution in [3.05, 3.63) is 88.5 Å². The van der Waals surface area contributed by atoms with Gasteiger partial charge in [-0.25, -0.2) is 0 Å². The van der Waals surface area contributed by atoms with Gasteiger partial charge in [0.1, 0.15) is 0 Å². The Morgan fingerprint density at radius 3 is 1.83 bits per heavy atom. The van der Waals surface area contributed by atoms with Crippen LogP contribution in [0.4, 0.5) is 5.69 Å². The maximum absolute atomic E-state index is 10.8. The van der Waals surface area contributed by atoms with E-state index < -0.39 is 0 Å². The van der Waals surface area contributed by atoms with Gasteiger partial charge in [-0.1, -0.05) is 48.5 Å². The van der Waals surface area contributed by atoms with Crippen molar-refractivity contribution in [1.29, 1.82) is 0 Å². The number of aromatic nitrogens is 1. The third-order valence-corrected chi connectivity index (χ3v) is 4.17. The van der Waals surface area contributed by atoms with Crippen LogP contribution >= 0.6 is 0 Å². The van der Waals surface area contributed by atoms with Crippen molar-refractivity contribution in [3.63, 3.8) is 0 Å². The number of hydrogen-bond acceptors (Lipinski definition) is 2. The topological polar surface area (TPSA) is 48.1 Å². The smallest absolute Gasteiger partial charge is 0.269 e. The molecule has 0 saturated carbocycles. The Morgan fingerprint density at radius 2 is 1.30 bits per heavy atom. The van der Waals surface area contributed by atoms with Crippen molar-refractivity contribution in [3.8, 4) is 0 Å². The second kappa shape index (κ2) is 5.25. The number of para-hydroxylation sites is 2. The van der Waals surface area contributed by atoms with E-state index in [0.29, 0.717) is 6.54 Å². The molecule has 0 aliphatic rings. The Bertz CT molecular complexity index is 963. The lowest BCUT2D eigenvalue weighted by molar-refractivity contribution is -0.384. The number of benzene rings is 3. The highest BCUT2D eigenvalue weighted by atomic mass is 16.6. The molecule has 4 nitrogen and oxygen atoms in total. The van der Waals surface area contributed by atoms with Crippen LogP contribution in [0.3, 0.4) is 0 Å². The summed E-state index contributed by atoms with van der Waals surface area (Å²) in [7, 11) is 0. The lowest BCUT2D eigenvalue weighted by atomic mass is 10.2. The molecule has 0 amide bonds. The second-order valence-electron chi connectivity index (χ2n) is 5.54. The molecule has 3 aromatic carbocycles. The van der Waals surface area contributed by atoms with Crippen LogP contribution in [0.15, 0.2) is 72.8 Å². The zero-order chi connectivity index (χ0) is 15.8. The molecule has 0 saturated heterocycles. The van der Waals surface area contributed by atoms with Gasteiger partial charge in [-0.2, -0.15) is 0 Å². The van der Waals surface area contributed by atoms with E-state index >= 15 is 0 Å². The van der Waals surface area contributed by atoms with E-state index in [2.05, 4.69) is 28.8 Å². The number of nitro benzene ring substituents is 1. The van der Waals surface area contributed by atoms with Gasteiger partial charge in [0, 0.05) is 40.5 Å². The minimum absolute atomic E-state index is 0.121. The SMILES string of the molecule is O=[N+]([O-])c1ccc(Cn2c3ccccc3c3ccccc32)cc1. The van der Waals surface area contributed by atoms with Gasteiger partial charge in [-0.15, -0.1) is 0 Å². The standard InChI is InChI=1S/C19H14N2O2/c22-21(23)15-11-9-14(10-12-15)13-20-18-7-3-1-5-16(18)17-6-2-4-8-19(17)20/h1-12H,13H2. The van der Waals surface area contributed by atoms with Crippen LogP contribution in [-0.2, 0) is 6.54 Å². The van der Waals surface area contributed by atoms with Crippen molar-refractivity contribution in [2.45, 2.75) is 6.54 Å². The third kappa shape index (κ3) is 2.25. The second-order valence-corrected chi connectivity index (χ2v) is 5.54. The third-order valence-electron chi connectivity index (χ3n) is 4.17. The lowest BCUT2D eigenvalue weighted by Gasteiger charge is -2.07. The fraction of sp³-hybridized carbons (Fsp3) is 0.0526. The van der Waals surface area contributed by atoms with E-state index in [1.807, 2.05) is 36.4 Å². The summed E-state index contributed by atoms with van der Waals surface area (Å²) in [5.74, 6) is 0. The first-order chi connectivity index (χ1) is 11.2. The maximum atomic E-state index is 10.8. The van der Waals surface area contributed by atoms with Crippen molar-refractivity contribution in [2.24, 2.45) is 0 Å². The Hall–Kier alpha value is -3.14. The molecule has 0 bridgehead atoms. The molecule has 0 unspecified atom stereocenters. The number of nitrogens with zero attached hydrogens (tertiary/aromatic N) is 2. The molecular formula is C19H14N2O2. The first-order valence-electron chi connectivity index (χ1n) is 7.43. The molecule has 4 heteroatoms. The minimum Gasteiger partial charge on any atom is -0.336 e. The molecule has 1 aromatic heterocycles. The van der Waals surface area contributed by atoms with Crippen LogP contribution in [-0.4, -0.2) is 9.49 Å². The molecule has 112 valence electrons. The molecule has 0 aliphatic carbocycles. The molecule has 1 heterocycles. The summed E-state index contributed by atoms with van der Waals surface area (Å²) in [6, 6.07) is 23.4. The molecule has 0 atom stereocenters. The van der Waals surface area contributed by atoms with Gasteiger partial charge in [0.2, 0.25) is 0 Å². The summed E-state index contributed by atoms with van der Waals surface area (Å²) in [6.45, 7) is 0.687. The number of rotatable bonds is 3. The summed E-state index contributed by atoms with van der Waals surface area (Å²) in [5.41, 5.74) is 3.51. The van der Waals surface area contributed by atoms with Crippen molar-refractivity contribution >= 4 is 27.5 Å². The molecule has 0 spiro atoms. The van der Waals surface area contributed by atoms with Crippen LogP contribution in [0.5, 0.6) is 0 Å². The number of fused-ring (bicyclic) bond motifs is 3. The van der Waals surface area contributed by atoms with E-state index in [9.17, 15) is 10.1 Å². The summed E-state index contributed by atoms with van der Waals surface area (Å²) in [4.78, 5) is 10.4.